The highest BCUT2D eigenvalue weighted by Gasteiger charge is 2.06. The Hall–Kier alpha value is -1.96. The molecule has 0 atom stereocenters. The van der Waals surface area contributed by atoms with Crippen molar-refractivity contribution in [1.29, 1.82) is 0 Å². The average Bonchev–Trinajstić information content (AvgIpc) is 2.29. The monoisotopic (exact) mass is 228 g/mol. The summed E-state index contributed by atoms with van der Waals surface area (Å²) >= 11 is 0. The second kappa shape index (κ2) is 4.91. The average molecular weight is 228 g/mol. The van der Waals surface area contributed by atoms with E-state index in [9.17, 15) is 9.18 Å². The molecule has 17 heavy (non-hydrogen) atoms. The van der Waals surface area contributed by atoms with Gasteiger partial charge in [-0.25, -0.2) is 4.39 Å². The van der Waals surface area contributed by atoms with Gasteiger partial charge in [0.15, 0.2) is 0 Å². The van der Waals surface area contributed by atoms with Crippen LogP contribution in [0.2, 0.25) is 0 Å². The first-order chi connectivity index (χ1) is 8.16. The van der Waals surface area contributed by atoms with Crippen LogP contribution in [0.15, 0.2) is 48.5 Å². The summed E-state index contributed by atoms with van der Waals surface area (Å²) in [6.07, 6.45) is 0.284. The van der Waals surface area contributed by atoms with Gasteiger partial charge in [0.25, 0.3) is 0 Å². The van der Waals surface area contributed by atoms with Crippen molar-refractivity contribution in [3.8, 4) is 11.1 Å². The molecule has 0 heterocycles. The Morgan fingerprint density at radius 2 is 1.82 bits per heavy atom. The van der Waals surface area contributed by atoms with Crippen LogP contribution in [-0.2, 0) is 11.2 Å². The Kier molecular flexibility index (Phi) is 3.33. The zero-order valence-electron chi connectivity index (χ0n) is 9.61. The fourth-order valence-corrected chi connectivity index (χ4v) is 1.81. The highest BCUT2D eigenvalue weighted by atomic mass is 19.1. The lowest BCUT2D eigenvalue weighted by molar-refractivity contribution is -0.116. The first-order valence-electron chi connectivity index (χ1n) is 5.50. The molecule has 0 saturated heterocycles. The summed E-state index contributed by atoms with van der Waals surface area (Å²) in [6.45, 7) is 1.50. The SMILES string of the molecule is CC(=O)Cc1ccc(-c2ccccc2)c(F)c1. The maximum absolute atomic E-state index is 13.9. The molecule has 0 saturated carbocycles. The number of carbonyl (C=O) groups excluding carboxylic acids is 1. The third kappa shape index (κ3) is 2.78. The van der Waals surface area contributed by atoms with E-state index in [0.717, 1.165) is 11.1 Å². The summed E-state index contributed by atoms with van der Waals surface area (Å²) in [5.41, 5.74) is 2.13. The summed E-state index contributed by atoms with van der Waals surface area (Å²) in [4.78, 5) is 11.0. The van der Waals surface area contributed by atoms with Gasteiger partial charge in [0, 0.05) is 12.0 Å². The lowest BCUT2D eigenvalue weighted by Gasteiger charge is -2.05. The van der Waals surface area contributed by atoms with Crippen molar-refractivity contribution in [2.75, 3.05) is 0 Å². The minimum Gasteiger partial charge on any atom is -0.300 e. The summed E-state index contributed by atoms with van der Waals surface area (Å²) in [5, 5.41) is 0. The van der Waals surface area contributed by atoms with Gasteiger partial charge in [-0.2, -0.15) is 0 Å². The van der Waals surface area contributed by atoms with Gasteiger partial charge in [-0.1, -0.05) is 42.5 Å². The summed E-state index contributed by atoms with van der Waals surface area (Å²) in [6, 6.07) is 14.3. The molecule has 2 aromatic rings. The van der Waals surface area contributed by atoms with Crippen LogP contribution in [0.3, 0.4) is 0 Å². The Morgan fingerprint density at radius 3 is 2.41 bits per heavy atom. The molecule has 0 bridgehead atoms. The molecule has 2 rings (SSSR count). The normalized spacial score (nSPS) is 10.2. The molecule has 2 heteroatoms. The van der Waals surface area contributed by atoms with Crippen molar-refractivity contribution in [3.63, 3.8) is 0 Å². The fourth-order valence-electron chi connectivity index (χ4n) is 1.81. The van der Waals surface area contributed by atoms with Crippen LogP contribution in [0.4, 0.5) is 4.39 Å². The largest absolute Gasteiger partial charge is 0.300 e. The van der Waals surface area contributed by atoms with Crippen molar-refractivity contribution in [2.45, 2.75) is 13.3 Å². The maximum atomic E-state index is 13.9. The van der Waals surface area contributed by atoms with Gasteiger partial charge in [-0.05, 0) is 24.1 Å². The number of ketones is 1. The lowest BCUT2D eigenvalue weighted by atomic mass is 10.0. The Bertz CT molecular complexity index is 532. The summed E-state index contributed by atoms with van der Waals surface area (Å²) in [7, 11) is 0. The Labute approximate surface area is 99.9 Å². The quantitative estimate of drug-likeness (QED) is 0.784. The van der Waals surface area contributed by atoms with E-state index < -0.39 is 0 Å². The van der Waals surface area contributed by atoms with Gasteiger partial charge in [0.1, 0.15) is 11.6 Å². The Morgan fingerprint density at radius 1 is 1.12 bits per heavy atom. The molecule has 0 aromatic heterocycles. The third-order valence-corrected chi connectivity index (χ3v) is 2.57. The predicted octanol–water partition coefficient (Wildman–Crippen LogP) is 3.62. The topological polar surface area (TPSA) is 17.1 Å². The third-order valence-electron chi connectivity index (χ3n) is 2.57. The second-order valence-corrected chi connectivity index (χ2v) is 4.06. The fraction of sp³-hybridized carbons (Fsp3) is 0.133. The first-order valence-corrected chi connectivity index (χ1v) is 5.50. The number of halogens is 1. The van der Waals surface area contributed by atoms with E-state index in [1.54, 1.807) is 12.1 Å². The molecular formula is C15H13FO. The molecule has 0 aliphatic heterocycles. The molecule has 2 aromatic carbocycles. The molecule has 0 aliphatic rings. The second-order valence-electron chi connectivity index (χ2n) is 4.06. The van der Waals surface area contributed by atoms with Gasteiger partial charge in [-0.3, -0.25) is 4.79 Å². The van der Waals surface area contributed by atoms with Crippen LogP contribution < -0.4 is 0 Å². The predicted molar refractivity (Wildman–Crippen MR) is 66.2 cm³/mol. The van der Waals surface area contributed by atoms with Gasteiger partial charge in [0.2, 0.25) is 0 Å². The van der Waals surface area contributed by atoms with Gasteiger partial charge in [0.05, 0.1) is 0 Å². The van der Waals surface area contributed by atoms with E-state index in [2.05, 4.69) is 0 Å². The highest BCUT2D eigenvalue weighted by Crippen LogP contribution is 2.23. The molecule has 0 spiro atoms. The molecule has 0 radical (unpaired) electrons. The Balaban J connectivity index is 2.35. The number of hydrogen-bond donors (Lipinski definition) is 0. The standard InChI is InChI=1S/C15H13FO/c1-11(17)9-12-7-8-14(15(16)10-12)13-5-3-2-4-6-13/h2-8,10H,9H2,1H3. The zero-order valence-corrected chi connectivity index (χ0v) is 9.61. The van der Waals surface area contributed by atoms with E-state index in [1.807, 2.05) is 30.3 Å². The molecule has 86 valence electrons. The molecular weight excluding hydrogens is 215 g/mol. The van der Waals surface area contributed by atoms with E-state index >= 15 is 0 Å². The van der Waals surface area contributed by atoms with Crippen LogP contribution in [0, 0.1) is 5.82 Å². The first kappa shape index (κ1) is 11.5. The van der Waals surface area contributed by atoms with Crippen LogP contribution >= 0.6 is 0 Å². The molecule has 0 N–H and O–H groups in total. The van der Waals surface area contributed by atoms with Crippen LogP contribution in [0.25, 0.3) is 11.1 Å². The molecule has 0 amide bonds. The van der Waals surface area contributed by atoms with Crippen molar-refractivity contribution in [3.05, 3.63) is 59.9 Å². The molecule has 0 fully saturated rings. The smallest absolute Gasteiger partial charge is 0.134 e. The van der Waals surface area contributed by atoms with Crippen LogP contribution in [-0.4, -0.2) is 5.78 Å². The number of hydrogen-bond acceptors (Lipinski definition) is 1. The lowest BCUT2D eigenvalue weighted by Crippen LogP contribution is -1.97. The molecule has 0 unspecified atom stereocenters. The van der Waals surface area contributed by atoms with E-state index in [1.165, 1.54) is 13.0 Å². The zero-order chi connectivity index (χ0) is 12.3. The van der Waals surface area contributed by atoms with Gasteiger partial charge < -0.3 is 0 Å². The number of carbonyl (C=O) groups is 1. The number of benzene rings is 2. The van der Waals surface area contributed by atoms with Crippen molar-refractivity contribution >= 4 is 5.78 Å². The highest BCUT2D eigenvalue weighted by molar-refractivity contribution is 5.78. The number of rotatable bonds is 3. The van der Waals surface area contributed by atoms with Crippen LogP contribution in [0.1, 0.15) is 12.5 Å². The van der Waals surface area contributed by atoms with E-state index in [-0.39, 0.29) is 18.0 Å². The maximum Gasteiger partial charge on any atom is 0.134 e. The van der Waals surface area contributed by atoms with Gasteiger partial charge >= 0.3 is 0 Å². The summed E-state index contributed by atoms with van der Waals surface area (Å²) in [5.74, 6) is -0.244. The molecule has 0 aliphatic carbocycles. The van der Waals surface area contributed by atoms with Gasteiger partial charge in [-0.15, -0.1) is 0 Å². The van der Waals surface area contributed by atoms with Crippen molar-refractivity contribution in [2.24, 2.45) is 0 Å². The summed E-state index contributed by atoms with van der Waals surface area (Å²) < 4.78 is 13.9. The molecule has 1 nitrogen and oxygen atoms in total. The van der Waals surface area contributed by atoms with Crippen molar-refractivity contribution in [1.82, 2.24) is 0 Å². The number of Topliss-reactive ketones (excluding diaryl/α,β-unsaturated/α-hetero) is 1. The van der Waals surface area contributed by atoms with Crippen molar-refractivity contribution < 1.29 is 9.18 Å². The minimum atomic E-state index is -0.282. The van der Waals surface area contributed by atoms with E-state index in [4.69, 9.17) is 0 Å². The minimum absolute atomic E-state index is 0.0388. The van der Waals surface area contributed by atoms with E-state index in [0.29, 0.717) is 5.56 Å². The van der Waals surface area contributed by atoms with Crippen LogP contribution in [0.5, 0.6) is 0 Å².